The second-order valence-electron chi connectivity index (χ2n) is 7.10. The highest BCUT2D eigenvalue weighted by molar-refractivity contribution is 5.97. The minimum Gasteiger partial charge on any atom is -0.461 e. The lowest BCUT2D eigenvalue weighted by Crippen LogP contribution is -2.47. The van der Waals surface area contributed by atoms with Crippen molar-refractivity contribution in [2.75, 3.05) is 0 Å². The van der Waals surface area contributed by atoms with E-state index in [-0.39, 0.29) is 24.0 Å². The molecule has 0 spiro atoms. The molecule has 4 unspecified atom stereocenters. The summed E-state index contributed by atoms with van der Waals surface area (Å²) in [6, 6.07) is 9.05. The van der Waals surface area contributed by atoms with Gasteiger partial charge in [0.15, 0.2) is 0 Å². The first-order chi connectivity index (χ1) is 11.6. The maximum absolute atomic E-state index is 13.1. The summed E-state index contributed by atoms with van der Waals surface area (Å²) in [5.74, 6) is 0.167. The van der Waals surface area contributed by atoms with Crippen LogP contribution in [0.15, 0.2) is 30.3 Å². The van der Waals surface area contributed by atoms with Crippen molar-refractivity contribution in [3.05, 3.63) is 35.9 Å². The minimum absolute atomic E-state index is 0.0314. The molecule has 0 N–H and O–H groups in total. The normalized spacial score (nSPS) is 27.4. The van der Waals surface area contributed by atoms with Crippen LogP contribution in [0.1, 0.15) is 62.7 Å². The summed E-state index contributed by atoms with van der Waals surface area (Å²) < 4.78 is 5.57. The number of amides is 1. The van der Waals surface area contributed by atoms with Crippen LogP contribution >= 0.6 is 0 Å². The molecule has 4 nitrogen and oxygen atoms in total. The lowest BCUT2D eigenvalue weighted by molar-refractivity contribution is -0.153. The number of hydrogen-bond acceptors (Lipinski definition) is 3. The number of hydrogen-bond donors (Lipinski definition) is 0. The van der Waals surface area contributed by atoms with Gasteiger partial charge in [-0.05, 0) is 50.7 Å². The SMILES string of the molecule is CCC(C)OC(=O)C1CC2CCCCC2N1C(=O)c1ccccc1. The van der Waals surface area contributed by atoms with Gasteiger partial charge >= 0.3 is 5.97 Å². The van der Waals surface area contributed by atoms with Gasteiger partial charge in [0.25, 0.3) is 5.91 Å². The van der Waals surface area contributed by atoms with Gasteiger partial charge in [0, 0.05) is 11.6 Å². The molecule has 130 valence electrons. The van der Waals surface area contributed by atoms with Crippen LogP contribution in [0.5, 0.6) is 0 Å². The molecule has 1 saturated heterocycles. The molecule has 4 atom stereocenters. The van der Waals surface area contributed by atoms with E-state index >= 15 is 0 Å². The van der Waals surface area contributed by atoms with E-state index in [9.17, 15) is 9.59 Å². The van der Waals surface area contributed by atoms with Gasteiger partial charge in [-0.1, -0.05) is 38.0 Å². The molecule has 4 heteroatoms. The van der Waals surface area contributed by atoms with E-state index < -0.39 is 6.04 Å². The molecule has 0 radical (unpaired) electrons. The number of likely N-dealkylation sites (tertiary alicyclic amines) is 1. The second-order valence-corrected chi connectivity index (χ2v) is 7.10. The Balaban J connectivity index is 1.85. The van der Waals surface area contributed by atoms with Gasteiger partial charge < -0.3 is 9.64 Å². The number of carbonyl (C=O) groups excluding carboxylic acids is 2. The molecule has 0 bridgehead atoms. The van der Waals surface area contributed by atoms with E-state index in [1.165, 1.54) is 6.42 Å². The predicted octanol–water partition coefficient (Wildman–Crippen LogP) is 3.80. The Kier molecular flexibility index (Phi) is 5.22. The molecule has 1 aromatic carbocycles. The van der Waals surface area contributed by atoms with E-state index in [0.29, 0.717) is 11.5 Å². The van der Waals surface area contributed by atoms with Gasteiger partial charge in [-0.15, -0.1) is 0 Å². The molecule has 1 heterocycles. The summed E-state index contributed by atoms with van der Waals surface area (Å²) in [6.07, 6.45) is 5.87. The molecule has 1 aromatic rings. The van der Waals surface area contributed by atoms with E-state index in [2.05, 4.69) is 0 Å². The van der Waals surface area contributed by atoms with Crippen molar-refractivity contribution in [2.45, 2.75) is 70.6 Å². The molecule has 1 aliphatic carbocycles. The van der Waals surface area contributed by atoms with Crippen molar-refractivity contribution >= 4 is 11.9 Å². The molecule has 1 saturated carbocycles. The molecule has 1 amide bonds. The first kappa shape index (κ1) is 17.0. The highest BCUT2D eigenvalue weighted by Gasteiger charge is 2.48. The number of carbonyl (C=O) groups is 2. The smallest absolute Gasteiger partial charge is 0.329 e. The van der Waals surface area contributed by atoms with Gasteiger partial charge in [0.1, 0.15) is 6.04 Å². The third-order valence-electron chi connectivity index (χ3n) is 5.51. The number of fused-ring (bicyclic) bond motifs is 1. The second kappa shape index (κ2) is 7.37. The summed E-state index contributed by atoms with van der Waals surface area (Å²) in [6.45, 7) is 3.91. The van der Waals surface area contributed by atoms with Gasteiger partial charge in [-0.25, -0.2) is 4.79 Å². The topological polar surface area (TPSA) is 46.6 Å². The van der Waals surface area contributed by atoms with Gasteiger partial charge in [-0.2, -0.15) is 0 Å². The molecule has 0 aromatic heterocycles. The Hall–Kier alpha value is -1.84. The summed E-state index contributed by atoms with van der Waals surface area (Å²) in [5, 5.41) is 0. The zero-order valence-electron chi connectivity index (χ0n) is 14.6. The van der Waals surface area contributed by atoms with E-state index in [1.54, 1.807) is 0 Å². The lowest BCUT2D eigenvalue weighted by Gasteiger charge is -2.33. The van der Waals surface area contributed by atoms with Crippen LogP contribution in [0.2, 0.25) is 0 Å². The Morgan fingerprint density at radius 2 is 1.92 bits per heavy atom. The van der Waals surface area contributed by atoms with Crippen LogP contribution in [-0.2, 0) is 9.53 Å². The summed E-state index contributed by atoms with van der Waals surface area (Å²) in [4.78, 5) is 27.6. The van der Waals surface area contributed by atoms with E-state index in [0.717, 1.165) is 32.1 Å². The maximum atomic E-state index is 13.1. The average Bonchev–Trinajstić information content (AvgIpc) is 3.01. The Morgan fingerprint density at radius 1 is 1.21 bits per heavy atom. The van der Waals surface area contributed by atoms with E-state index in [4.69, 9.17) is 4.74 Å². The number of nitrogens with zero attached hydrogens (tertiary/aromatic N) is 1. The quantitative estimate of drug-likeness (QED) is 0.789. The first-order valence-electron chi connectivity index (χ1n) is 9.20. The van der Waals surface area contributed by atoms with Crippen molar-refractivity contribution < 1.29 is 14.3 Å². The molecule has 2 fully saturated rings. The third-order valence-corrected chi connectivity index (χ3v) is 5.51. The standard InChI is InChI=1S/C20H27NO3/c1-3-14(2)24-20(23)18-13-16-11-7-8-12-17(16)21(18)19(22)15-9-5-4-6-10-15/h4-6,9-10,14,16-18H,3,7-8,11-13H2,1-2H3. The largest absolute Gasteiger partial charge is 0.461 e. The van der Waals surface area contributed by atoms with Crippen LogP contribution in [0, 0.1) is 5.92 Å². The lowest BCUT2D eigenvalue weighted by atomic mass is 9.84. The number of benzene rings is 1. The van der Waals surface area contributed by atoms with Crippen molar-refractivity contribution in [2.24, 2.45) is 5.92 Å². The zero-order chi connectivity index (χ0) is 17.1. The number of esters is 1. The molecule has 24 heavy (non-hydrogen) atoms. The third kappa shape index (κ3) is 3.33. The Bertz CT molecular complexity index is 586. The van der Waals surface area contributed by atoms with Gasteiger partial charge in [0.05, 0.1) is 6.10 Å². The van der Waals surface area contributed by atoms with Crippen LogP contribution in [-0.4, -0.2) is 35.0 Å². The molecule has 3 rings (SSSR count). The number of rotatable bonds is 4. The highest BCUT2D eigenvalue weighted by Crippen LogP contribution is 2.41. The fourth-order valence-electron chi connectivity index (χ4n) is 4.05. The first-order valence-corrected chi connectivity index (χ1v) is 9.20. The zero-order valence-corrected chi connectivity index (χ0v) is 14.6. The molecule has 1 aliphatic heterocycles. The van der Waals surface area contributed by atoms with Crippen LogP contribution in [0.4, 0.5) is 0 Å². The molecular formula is C20H27NO3. The summed E-state index contributed by atoms with van der Waals surface area (Å²) in [7, 11) is 0. The summed E-state index contributed by atoms with van der Waals surface area (Å²) >= 11 is 0. The number of ether oxygens (including phenoxy) is 1. The summed E-state index contributed by atoms with van der Waals surface area (Å²) in [5.41, 5.74) is 0.657. The van der Waals surface area contributed by atoms with Crippen LogP contribution in [0.25, 0.3) is 0 Å². The van der Waals surface area contributed by atoms with Crippen LogP contribution in [0.3, 0.4) is 0 Å². The minimum atomic E-state index is -0.431. The predicted molar refractivity (Wildman–Crippen MR) is 92.6 cm³/mol. The van der Waals surface area contributed by atoms with Gasteiger partial charge in [-0.3, -0.25) is 4.79 Å². The fraction of sp³-hybridized carbons (Fsp3) is 0.600. The van der Waals surface area contributed by atoms with Crippen molar-refractivity contribution in [1.29, 1.82) is 0 Å². The highest BCUT2D eigenvalue weighted by atomic mass is 16.5. The fourth-order valence-corrected chi connectivity index (χ4v) is 4.05. The monoisotopic (exact) mass is 329 g/mol. The maximum Gasteiger partial charge on any atom is 0.329 e. The van der Waals surface area contributed by atoms with Gasteiger partial charge in [0.2, 0.25) is 0 Å². The molecular weight excluding hydrogens is 302 g/mol. The van der Waals surface area contributed by atoms with Crippen molar-refractivity contribution in [3.63, 3.8) is 0 Å². The Morgan fingerprint density at radius 3 is 2.62 bits per heavy atom. The van der Waals surface area contributed by atoms with Crippen molar-refractivity contribution in [1.82, 2.24) is 4.90 Å². The van der Waals surface area contributed by atoms with E-state index in [1.807, 2.05) is 49.1 Å². The molecule has 2 aliphatic rings. The Labute approximate surface area is 144 Å². The van der Waals surface area contributed by atoms with Crippen LogP contribution < -0.4 is 0 Å². The van der Waals surface area contributed by atoms with Crippen molar-refractivity contribution in [3.8, 4) is 0 Å². The average molecular weight is 329 g/mol.